The molecular formula is C10H16N5O14P3Zn. The van der Waals surface area contributed by atoms with Crippen LogP contribution >= 0.6 is 23.5 Å². The van der Waals surface area contributed by atoms with Gasteiger partial charge < -0.3 is 50.3 Å². The fourth-order valence-corrected chi connectivity index (χ4v) is 5.61. The number of hydrogen-bond acceptors (Lipinski definition) is 15. The number of fused-ring (bicyclic) bond motifs is 1. The number of rotatable bonds is 8. The van der Waals surface area contributed by atoms with Gasteiger partial charge in [-0.25, -0.2) is 28.4 Å². The number of anilines is 1. The maximum absolute atomic E-state index is 11.7. The fraction of sp³-hybridized carbons (Fsp3) is 0.500. The Labute approximate surface area is 196 Å². The molecule has 1 aliphatic rings. The van der Waals surface area contributed by atoms with Crippen molar-refractivity contribution in [3.05, 3.63) is 12.7 Å². The average Bonchev–Trinajstić information content (AvgIpc) is 3.13. The number of phosphoric acid groups is 3. The van der Waals surface area contributed by atoms with Crippen molar-refractivity contribution in [2.75, 3.05) is 12.3 Å². The van der Waals surface area contributed by atoms with Crippen LogP contribution in [0.3, 0.4) is 0 Å². The summed E-state index contributed by atoms with van der Waals surface area (Å²) in [6.45, 7) is -1.02. The Morgan fingerprint density at radius 1 is 1.12 bits per heavy atom. The van der Waals surface area contributed by atoms with E-state index in [0.717, 1.165) is 6.33 Å². The van der Waals surface area contributed by atoms with Gasteiger partial charge in [-0.2, -0.15) is 4.31 Å². The number of nitrogens with zero attached hydrogens (tertiary/aromatic N) is 4. The Morgan fingerprint density at radius 3 is 2.36 bits per heavy atom. The van der Waals surface area contributed by atoms with Gasteiger partial charge in [-0.3, -0.25) is 9.13 Å². The first-order valence-electron chi connectivity index (χ1n) is 7.90. The predicted octanol–water partition coefficient (Wildman–Crippen LogP) is -2.44. The van der Waals surface area contributed by atoms with Gasteiger partial charge in [0.1, 0.15) is 30.2 Å². The summed E-state index contributed by atoms with van der Waals surface area (Å²) in [7, 11) is -17.0. The SMILES string of the molecule is Nc1ncnc2c1ncn2[C@@H]1O[C@H](COP(=O)([O-])OP(=O)(O)OP(=O)(O)O)[C@@H](O)[C@H]1O.[OH-].[Zn+2]. The van der Waals surface area contributed by atoms with Gasteiger partial charge in [-0.1, -0.05) is 0 Å². The Bertz CT molecular complexity index is 1110. The van der Waals surface area contributed by atoms with Gasteiger partial charge in [-0.15, -0.1) is 0 Å². The molecule has 1 fully saturated rings. The third-order valence-corrected chi connectivity index (χ3v) is 7.58. The molecule has 0 aromatic carbocycles. The molecule has 0 amide bonds. The van der Waals surface area contributed by atoms with Crippen molar-refractivity contribution < 1.29 is 86.3 Å². The molecule has 1 saturated heterocycles. The van der Waals surface area contributed by atoms with E-state index in [9.17, 15) is 28.8 Å². The molecule has 2 unspecified atom stereocenters. The van der Waals surface area contributed by atoms with Crippen LogP contribution in [0.2, 0.25) is 0 Å². The summed E-state index contributed by atoms with van der Waals surface area (Å²) in [6, 6.07) is 0. The topological polar surface area (TPSA) is 312 Å². The number of aliphatic hydroxyl groups is 2. The Hall–Kier alpha value is -0.777. The largest absolute Gasteiger partial charge is 2.00 e. The molecule has 0 spiro atoms. The van der Waals surface area contributed by atoms with E-state index in [1.807, 2.05) is 0 Å². The zero-order chi connectivity index (χ0) is 23.2. The summed E-state index contributed by atoms with van der Waals surface area (Å²) >= 11 is 0. The van der Waals surface area contributed by atoms with E-state index < -0.39 is 54.6 Å². The van der Waals surface area contributed by atoms with E-state index in [4.69, 9.17) is 25.2 Å². The maximum Gasteiger partial charge on any atom is 2.00 e. The van der Waals surface area contributed by atoms with E-state index in [1.165, 1.54) is 10.9 Å². The Morgan fingerprint density at radius 2 is 1.76 bits per heavy atom. The number of nitrogens with two attached hydrogens (primary N) is 1. The van der Waals surface area contributed by atoms with Crippen LogP contribution in [0.15, 0.2) is 12.7 Å². The molecule has 0 aliphatic carbocycles. The molecular weight excluding hydrogens is 572 g/mol. The minimum Gasteiger partial charge on any atom is -0.870 e. The molecule has 0 radical (unpaired) electrons. The Balaban J connectivity index is 0.00000272. The minimum atomic E-state index is -5.76. The number of aliphatic hydroxyl groups excluding tert-OH is 2. The number of phosphoric ester groups is 1. The van der Waals surface area contributed by atoms with Crippen molar-refractivity contribution in [3.8, 4) is 0 Å². The normalized spacial score (nSPS) is 26.7. The number of imidazole rings is 1. The molecule has 3 rings (SSSR count). The number of hydrogen-bond donors (Lipinski definition) is 6. The second-order valence-electron chi connectivity index (χ2n) is 5.99. The zero-order valence-corrected chi connectivity index (χ0v) is 21.7. The smallest absolute Gasteiger partial charge is 0.870 e. The van der Waals surface area contributed by atoms with Crippen LogP contribution in [0.5, 0.6) is 0 Å². The van der Waals surface area contributed by atoms with E-state index >= 15 is 0 Å². The molecule has 182 valence electrons. The van der Waals surface area contributed by atoms with Crippen molar-refractivity contribution in [2.24, 2.45) is 0 Å². The molecule has 2 aromatic heterocycles. The molecule has 0 saturated carbocycles. The monoisotopic (exact) mass is 587 g/mol. The van der Waals surface area contributed by atoms with Gasteiger partial charge in [0.25, 0.3) is 7.82 Å². The Kier molecular flexibility index (Phi) is 9.97. The molecule has 23 heteroatoms. The van der Waals surface area contributed by atoms with E-state index in [2.05, 4.69) is 28.1 Å². The number of nitrogen functional groups attached to an aromatic ring is 1. The maximum atomic E-state index is 11.7. The van der Waals surface area contributed by atoms with Gasteiger partial charge in [0.05, 0.1) is 12.9 Å². The summed E-state index contributed by atoms with van der Waals surface area (Å²) in [5.41, 5.74) is 5.97. The first kappa shape index (κ1) is 30.3. The van der Waals surface area contributed by atoms with Gasteiger partial charge in [0.2, 0.25) is 0 Å². The summed E-state index contributed by atoms with van der Waals surface area (Å²) in [6.07, 6.45) is -3.82. The fourth-order valence-electron chi connectivity index (χ4n) is 2.62. The van der Waals surface area contributed by atoms with E-state index in [-0.39, 0.29) is 41.9 Å². The molecule has 3 heterocycles. The molecule has 6 atom stereocenters. The third kappa shape index (κ3) is 7.35. The van der Waals surface area contributed by atoms with Gasteiger partial charge in [-0.05, 0) is 0 Å². The summed E-state index contributed by atoms with van der Waals surface area (Å²) in [5, 5.41) is 20.4. The first-order chi connectivity index (χ1) is 14.2. The standard InChI is InChI=1S/C10H16N5O13P3.H2O.Zn/c11-8-5-9(13-2-12-8)15(3-14-5)10-7(17)6(16)4(26-10)1-25-30(21,22)28-31(23,24)27-29(18,19)20;;/h2-4,6-7,10,16-17H,1H2,(H,21,22)(H,23,24)(H2,11,12,13)(H2,18,19,20);1H2;/q;;+2/p-2/t4-,6-,7-,10-;;/m1../s1. The van der Waals surface area contributed by atoms with Crippen molar-refractivity contribution in [1.29, 1.82) is 0 Å². The van der Waals surface area contributed by atoms with Crippen LogP contribution in [-0.4, -0.2) is 74.8 Å². The van der Waals surface area contributed by atoms with Gasteiger partial charge in [0.15, 0.2) is 17.7 Å². The second-order valence-corrected chi connectivity index (χ2v) is 10.4. The molecule has 33 heavy (non-hydrogen) atoms. The van der Waals surface area contributed by atoms with E-state index in [0.29, 0.717) is 0 Å². The third-order valence-electron chi connectivity index (χ3n) is 3.81. The van der Waals surface area contributed by atoms with Crippen LogP contribution < -0.4 is 10.6 Å². The van der Waals surface area contributed by atoms with Crippen LogP contribution in [0.25, 0.3) is 11.2 Å². The minimum absolute atomic E-state index is 0. The molecule has 1 aliphatic heterocycles. The number of ether oxygens (including phenoxy) is 1. The van der Waals surface area contributed by atoms with Crippen molar-refractivity contribution in [3.63, 3.8) is 0 Å². The molecule has 8 N–H and O–H groups in total. The van der Waals surface area contributed by atoms with Gasteiger partial charge in [0, 0.05) is 0 Å². The van der Waals surface area contributed by atoms with Crippen molar-refractivity contribution >= 4 is 40.4 Å². The molecule has 2 aromatic rings. The summed E-state index contributed by atoms with van der Waals surface area (Å²) < 4.78 is 51.4. The summed E-state index contributed by atoms with van der Waals surface area (Å²) in [4.78, 5) is 49.3. The molecule has 19 nitrogen and oxygen atoms in total. The number of aromatic nitrogens is 4. The second kappa shape index (κ2) is 10.9. The van der Waals surface area contributed by atoms with Crippen molar-refractivity contribution in [1.82, 2.24) is 19.5 Å². The van der Waals surface area contributed by atoms with Crippen LogP contribution in [0, 0.1) is 0 Å². The van der Waals surface area contributed by atoms with Crippen LogP contribution in [0.4, 0.5) is 5.82 Å². The zero-order valence-electron chi connectivity index (χ0n) is 16.0. The van der Waals surface area contributed by atoms with Crippen LogP contribution in [0.1, 0.15) is 6.23 Å². The van der Waals surface area contributed by atoms with E-state index in [1.54, 1.807) is 0 Å². The molecule has 0 bridgehead atoms. The predicted molar refractivity (Wildman–Crippen MR) is 95.2 cm³/mol. The van der Waals surface area contributed by atoms with Crippen molar-refractivity contribution in [2.45, 2.75) is 24.5 Å². The van der Waals surface area contributed by atoms with Crippen LogP contribution in [-0.2, 0) is 51.1 Å². The van der Waals surface area contributed by atoms with Gasteiger partial charge >= 0.3 is 35.1 Å². The first-order valence-corrected chi connectivity index (χ1v) is 12.4. The quantitative estimate of drug-likeness (QED) is 0.138. The average molecular weight is 589 g/mol. The summed E-state index contributed by atoms with van der Waals surface area (Å²) in [5.74, 6) is 0.0343.